The Balaban J connectivity index is 1.32. The predicted molar refractivity (Wildman–Crippen MR) is 132 cm³/mol. The Morgan fingerprint density at radius 1 is 1.00 bits per heavy atom. The molecule has 1 amide bonds. The molecule has 4 saturated carbocycles. The first-order chi connectivity index (χ1) is 15.6. The summed E-state index contributed by atoms with van der Waals surface area (Å²) >= 11 is 12.4. The molecular formula is C25H28Cl2N2O3S. The van der Waals surface area contributed by atoms with Gasteiger partial charge in [0.1, 0.15) is 0 Å². The smallest absolute Gasteiger partial charge is 0.251 e. The normalized spacial score (nSPS) is 28.0. The van der Waals surface area contributed by atoms with Crippen LogP contribution < -0.4 is 9.62 Å². The van der Waals surface area contributed by atoms with E-state index in [9.17, 15) is 13.2 Å². The average molecular weight is 507 g/mol. The minimum absolute atomic E-state index is 0.0404. The summed E-state index contributed by atoms with van der Waals surface area (Å²) in [6.07, 6.45) is 8.44. The van der Waals surface area contributed by atoms with Crippen molar-refractivity contribution >= 4 is 44.8 Å². The van der Waals surface area contributed by atoms with E-state index in [1.807, 2.05) is 0 Å². The van der Waals surface area contributed by atoms with Crippen LogP contribution in [0.25, 0.3) is 0 Å². The van der Waals surface area contributed by atoms with Gasteiger partial charge in [0.25, 0.3) is 5.91 Å². The molecule has 0 atom stereocenters. The molecular weight excluding hydrogens is 479 g/mol. The molecule has 1 N–H and O–H groups in total. The molecule has 0 saturated heterocycles. The molecule has 4 fully saturated rings. The molecule has 5 nitrogen and oxygen atoms in total. The van der Waals surface area contributed by atoms with Crippen LogP contribution in [0.2, 0.25) is 10.0 Å². The van der Waals surface area contributed by atoms with Gasteiger partial charge in [-0.25, -0.2) is 8.42 Å². The van der Waals surface area contributed by atoms with E-state index in [2.05, 4.69) is 5.32 Å². The van der Waals surface area contributed by atoms with Crippen LogP contribution in [0.1, 0.15) is 54.4 Å². The first-order valence-electron chi connectivity index (χ1n) is 11.4. The monoisotopic (exact) mass is 506 g/mol. The summed E-state index contributed by atoms with van der Waals surface area (Å²) in [6, 6.07) is 12.0. The highest BCUT2D eigenvalue weighted by molar-refractivity contribution is 7.92. The lowest BCUT2D eigenvalue weighted by molar-refractivity contribution is -0.0167. The number of benzene rings is 2. The van der Waals surface area contributed by atoms with Crippen LogP contribution in [0.3, 0.4) is 0 Å². The molecule has 4 aliphatic rings. The van der Waals surface area contributed by atoms with E-state index in [1.54, 1.807) is 42.5 Å². The molecule has 0 aromatic heterocycles. The van der Waals surface area contributed by atoms with Crippen LogP contribution in [-0.2, 0) is 16.6 Å². The van der Waals surface area contributed by atoms with Gasteiger partial charge in [-0.15, -0.1) is 0 Å². The summed E-state index contributed by atoms with van der Waals surface area (Å²) in [6.45, 7) is 0.0930. The van der Waals surface area contributed by atoms with Gasteiger partial charge in [0.05, 0.1) is 28.5 Å². The highest BCUT2D eigenvalue weighted by atomic mass is 35.5. The zero-order valence-electron chi connectivity index (χ0n) is 18.6. The van der Waals surface area contributed by atoms with Crippen LogP contribution >= 0.6 is 23.2 Å². The highest BCUT2D eigenvalue weighted by Crippen LogP contribution is 2.55. The summed E-state index contributed by atoms with van der Waals surface area (Å²) in [5, 5.41) is 3.87. The van der Waals surface area contributed by atoms with E-state index in [0.717, 1.165) is 48.8 Å². The van der Waals surface area contributed by atoms with Crippen molar-refractivity contribution in [2.45, 2.75) is 50.6 Å². The van der Waals surface area contributed by atoms with Gasteiger partial charge in [0, 0.05) is 11.1 Å². The quantitative estimate of drug-likeness (QED) is 0.549. The maximum atomic E-state index is 13.1. The van der Waals surface area contributed by atoms with Crippen molar-refractivity contribution in [2.75, 3.05) is 10.6 Å². The molecule has 0 heterocycles. The number of nitrogens with zero attached hydrogens (tertiary/aromatic N) is 1. The summed E-state index contributed by atoms with van der Waals surface area (Å²) < 4.78 is 26.2. The fourth-order valence-corrected chi connectivity index (χ4v) is 7.91. The Labute approximate surface area is 205 Å². The van der Waals surface area contributed by atoms with Gasteiger partial charge in [-0.1, -0.05) is 41.4 Å². The molecule has 33 heavy (non-hydrogen) atoms. The minimum Gasteiger partial charge on any atom is -0.347 e. The number of hydrogen-bond donors (Lipinski definition) is 1. The van der Waals surface area contributed by atoms with Crippen molar-refractivity contribution in [1.29, 1.82) is 0 Å². The van der Waals surface area contributed by atoms with E-state index in [4.69, 9.17) is 23.2 Å². The minimum atomic E-state index is -3.60. The van der Waals surface area contributed by atoms with Crippen molar-refractivity contribution in [3.05, 3.63) is 63.6 Å². The lowest BCUT2D eigenvalue weighted by Gasteiger charge is -2.56. The lowest BCUT2D eigenvalue weighted by atomic mass is 9.53. The van der Waals surface area contributed by atoms with E-state index in [1.165, 1.54) is 23.6 Å². The van der Waals surface area contributed by atoms with E-state index >= 15 is 0 Å². The zero-order chi connectivity index (χ0) is 23.4. The van der Waals surface area contributed by atoms with Crippen molar-refractivity contribution < 1.29 is 13.2 Å². The zero-order valence-corrected chi connectivity index (χ0v) is 20.9. The number of amides is 1. The molecule has 4 bridgehead atoms. The molecule has 8 heteroatoms. The van der Waals surface area contributed by atoms with Gasteiger partial charge >= 0.3 is 0 Å². The van der Waals surface area contributed by atoms with Gasteiger partial charge < -0.3 is 5.32 Å². The maximum absolute atomic E-state index is 13.1. The molecule has 176 valence electrons. The molecule has 0 spiro atoms. The van der Waals surface area contributed by atoms with Crippen LogP contribution in [0, 0.1) is 17.8 Å². The maximum Gasteiger partial charge on any atom is 0.251 e. The van der Waals surface area contributed by atoms with Crippen molar-refractivity contribution in [2.24, 2.45) is 17.8 Å². The first-order valence-corrected chi connectivity index (χ1v) is 14.1. The number of hydrogen-bond acceptors (Lipinski definition) is 3. The Hall–Kier alpha value is -1.76. The van der Waals surface area contributed by atoms with E-state index in [0.29, 0.717) is 16.3 Å². The predicted octanol–water partition coefficient (Wildman–Crippen LogP) is 5.66. The molecule has 2 aromatic carbocycles. The lowest BCUT2D eigenvalue weighted by Crippen LogP contribution is -2.59. The number of nitrogens with one attached hydrogen (secondary N) is 1. The van der Waals surface area contributed by atoms with Crippen molar-refractivity contribution in [1.82, 2.24) is 5.32 Å². The molecule has 6 rings (SSSR count). The molecule has 4 aliphatic carbocycles. The summed E-state index contributed by atoms with van der Waals surface area (Å²) in [7, 11) is -3.60. The second kappa shape index (κ2) is 8.47. The fourth-order valence-electron chi connectivity index (χ4n) is 6.57. The molecule has 2 aromatic rings. The first kappa shape index (κ1) is 23.0. The number of halogens is 2. The van der Waals surface area contributed by atoms with Crippen LogP contribution in [-0.4, -0.2) is 26.1 Å². The number of sulfonamides is 1. The average Bonchev–Trinajstić information content (AvgIpc) is 2.72. The van der Waals surface area contributed by atoms with Gasteiger partial charge in [0.2, 0.25) is 10.0 Å². The standard InChI is InChI=1S/C25H28Cl2N2O3S/c1-33(31,32)29(22-4-2-3-21(26)23(22)27)15-16-5-7-20(8-6-16)24(30)28-25-12-17-9-18(13-25)11-19(10-17)14-25/h2-8,17-19H,9-15H2,1H3,(H,28,30). The van der Waals surface area contributed by atoms with Gasteiger partial charge in [0.15, 0.2) is 0 Å². The fraction of sp³-hybridized carbons (Fsp3) is 0.480. The third kappa shape index (κ3) is 4.62. The second-order valence-electron chi connectivity index (χ2n) is 10.2. The Morgan fingerprint density at radius 3 is 2.12 bits per heavy atom. The molecule has 0 radical (unpaired) electrons. The second-order valence-corrected chi connectivity index (χ2v) is 12.9. The topological polar surface area (TPSA) is 66.5 Å². The number of rotatable bonds is 6. The van der Waals surface area contributed by atoms with Crippen LogP contribution in [0.15, 0.2) is 42.5 Å². The third-order valence-electron chi connectivity index (χ3n) is 7.56. The van der Waals surface area contributed by atoms with Crippen molar-refractivity contribution in [3.8, 4) is 0 Å². The van der Waals surface area contributed by atoms with E-state index < -0.39 is 10.0 Å². The largest absolute Gasteiger partial charge is 0.347 e. The highest BCUT2D eigenvalue weighted by Gasteiger charge is 2.51. The van der Waals surface area contributed by atoms with Crippen LogP contribution in [0.4, 0.5) is 5.69 Å². The molecule has 0 aliphatic heterocycles. The Bertz CT molecular complexity index is 1150. The third-order valence-corrected chi connectivity index (χ3v) is 9.49. The number of carbonyl (C=O) groups excluding carboxylic acids is 1. The Kier molecular flexibility index (Phi) is 5.91. The van der Waals surface area contributed by atoms with Crippen molar-refractivity contribution in [3.63, 3.8) is 0 Å². The van der Waals surface area contributed by atoms with E-state index in [-0.39, 0.29) is 23.0 Å². The van der Waals surface area contributed by atoms with Gasteiger partial charge in [-0.3, -0.25) is 9.10 Å². The molecule has 0 unspecified atom stereocenters. The van der Waals surface area contributed by atoms with Crippen LogP contribution in [0.5, 0.6) is 0 Å². The summed E-state index contributed by atoms with van der Waals surface area (Å²) in [4.78, 5) is 13.1. The number of carbonyl (C=O) groups is 1. The Morgan fingerprint density at radius 2 is 1.58 bits per heavy atom. The summed E-state index contributed by atoms with van der Waals surface area (Å²) in [5.74, 6) is 2.25. The summed E-state index contributed by atoms with van der Waals surface area (Å²) in [5.41, 5.74) is 1.64. The van der Waals surface area contributed by atoms with Gasteiger partial charge in [-0.2, -0.15) is 0 Å². The SMILES string of the molecule is CS(=O)(=O)N(Cc1ccc(C(=O)NC23CC4CC(CC(C4)C2)C3)cc1)c1cccc(Cl)c1Cl. The van der Waals surface area contributed by atoms with Gasteiger partial charge in [-0.05, 0) is 86.1 Å². The number of anilines is 1.